The summed E-state index contributed by atoms with van der Waals surface area (Å²) in [7, 11) is 0. The summed E-state index contributed by atoms with van der Waals surface area (Å²) in [5.41, 5.74) is 3.83. The molecule has 2 rings (SSSR count). The van der Waals surface area contributed by atoms with E-state index in [0.717, 1.165) is 0 Å². The van der Waals surface area contributed by atoms with Crippen molar-refractivity contribution in [3.05, 3.63) is 24.0 Å². The van der Waals surface area contributed by atoms with Crippen LogP contribution in [0.25, 0.3) is 0 Å². The standard InChI is InChI=1S/C14H22N4O/c1-14(6-3-2-4-7-14)10-17-13(19)12-9-11(18-15)5-8-16-12/h5,8-9H,2-4,6-7,10,15H2,1H3,(H,16,18)(H,17,19). The molecular weight excluding hydrogens is 240 g/mol. The van der Waals surface area contributed by atoms with Crippen molar-refractivity contribution < 1.29 is 4.79 Å². The smallest absolute Gasteiger partial charge is 0.269 e. The van der Waals surface area contributed by atoms with Crippen LogP contribution in [0.1, 0.15) is 49.5 Å². The minimum atomic E-state index is -0.135. The highest BCUT2D eigenvalue weighted by atomic mass is 16.1. The first-order valence-electron chi connectivity index (χ1n) is 6.84. The van der Waals surface area contributed by atoms with Crippen molar-refractivity contribution in [1.29, 1.82) is 0 Å². The number of hydrogen-bond acceptors (Lipinski definition) is 4. The van der Waals surface area contributed by atoms with Gasteiger partial charge < -0.3 is 10.7 Å². The Morgan fingerprint density at radius 3 is 2.84 bits per heavy atom. The van der Waals surface area contributed by atoms with Gasteiger partial charge in [-0.3, -0.25) is 15.6 Å². The van der Waals surface area contributed by atoms with Crippen LogP contribution in [-0.2, 0) is 0 Å². The van der Waals surface area contributed by atoms with Crippen LogP contribution in [0.2, 0.25) is 0 Å². The van der Waals surface area contributed by atoms with E-state index in [1.54, 1.807) is 18.3 Å². The molecule has 0 aromatic carbocycles. The summed E-state index contributed by atoms with van der Waals surface area (Å²) >= 11 is 0. The van der Waals surface area contributed by atoms with E-state index in [0.29, 0.717) is 17.9 Å². The van der Waals surface area contributed by atoms with Crippen LogP contribution < -0.4 is 16.6 Å². The van der Waals surface area contributed by atoms with Gasteiger partial charge in [0.2, 0.25) is 0 Å². The number of carbonyl (C=O) groups excluding carboxylic acids is 1. The highest BCUT2D eigenvalue weighted by molar-refractivity contribution is 5.93. The Bertz CT molecular complexity index is 441. The van der Waals surface area contributed by atoms with E-state index in [2.05, 4.69) is 22.7 Å². The van der Waals surface area contributed by atoms with E-state index in [-0.39, 0.29) is 11.3 Å². The first-order chi connectivity index (χ1) is 9.13. The summed E-state index contributed by atoms with van der Waals surface area (Å²) < 4.78 is 0. The van der Waals surface area contributed by atoms with Gasteiger partial charge in [-0.25, -0.2) is 0 Å². The topological polar surface area (TPSA) is 80.0 Å². The molecule has 4 N–H and O–H groups in total. The summed E-state index contributed by atoms with van der Waals surface area (Å²) in [5.74, 6) is 5.19. The molecule has 1 fully saturated rings. The van der Waals surface area contributed by atoms with Gasteiger partial charge in [0.05, 0.1) is 5.69 Å². The van der Waals surface area contributed by atoms with Gasteiger partial charge in [-0.2, -0.15) is 0 Å². The van der Waals surface area contributed by atoms with Gasteiger partial charge >= 0.3 is 0 Å². The second-order valence-electron chi connectivity index (χ2n) is 5.63. The number of hydrogen-bond donors (Lipinski definition) is 3. The third kappa shape index (κ3) is 3.67. The number of nitrogens with one attached hydrogen (secondary N) is 2. The average molecular weight is 262 g/mol. The minimum Gasteiger partial charge on any atom is -0.350 e. The highest BCUT2D eigenvalue weighted by Crippen LogP contribution is 2.34. The fourth-order valence-electron chi connectivity index (χ4n) is 2.61. The molecule has 0 atom stereocenters. The molecule has 5 heteroatoms. The van der Waals surface area contributed by atoms with Gasteiger partial charge in [0.1, 0.15) is 5.69 Å². The number of anilines is 1. The molecular formula is C14H22N4O. The molecule has 0 radical (unpaired) electrons. The van der Waals surface area contributed by atoms with Crippen LogP contribution in [0, 0.1) is 5.41 Å². The Morgan fingerprint density at radius 1 is 1.42 bits per heavy atom. The molecule has 1 aromatic heterocycles. The molecule has 5 nitrogen and oxygen atoms in total. The fraction of sp³-hybridized carbons (Fsp3) is 0.571. The lowest BCUT2D eigenvalue weighted by Gasteiger charge is -2.33. The fourth-order valence-corrected chi connectivity index (χ4v) is 2.61. The monoisotopic (exact) mass is 262 g/mol. The van der Waals surface area contributed by atoms with Gasteiger partial charge in [-0.05, 0) is 30.4 Å². The van der Waals surface area contributed by atoms with E-state index in [1.807, 2.05) is 0 Å². The van der Waals surface area contributed by atoms with Crippen LogP contribution >= 0.6 is 0 Å². The molecule has 19 heavy (non-hydrogen) atoms. The quantitative estimate of drug-likeness (QED) is 0.573. The van der Waals surface area contributed by atoms with Crippen molar-refractivity contribution in [3.8, 4) is 0 Å². The zero-order valence-corrected chi connectivity index (χ0v) is 11.4. The molecule has 104 valence electrons. The van der Waals surface area contributed by atoms with Crippen molar-refractivity contribution in [2.45, 2.75) is 39.0 Å². The van der Waals surface area contributed by atoms with Crippen LogP contribution in [0.5, 0.6) is 0 Å². The molecule has 1 aliphatic rings. The summed E-state index contributed by atoms with van der Waals surface area (Å²) in [5, 5.41) is 2.99. The lowest BCUT2D eigenvalue weighted by molar-refractivity contribution is 0.0914. The van der Waals surface area contributed by atoms with Gasteiger partial charge in [-0.1, -0.05) is 26.2 Å². The van der Waals surface area contributed by atoms with Gasteiger partial charge in [0, 0.05) is 12.7 Å². The largest absolute Gasteiger partial charge is 0.350 e. The Morgan fingerprint density at radius 2 is 2.16 bits per heavy atom. The molecule has 1 amide bonds. The summed E-state index contributed by atoms with van der Waals surface area (Å²) in [6.07, 6.45) is 7.78. The van der Waals surface area contributed by atoms with Crippen molar-refractivity contribution in [2.24, 2.45) is 11.3 Å². The van der Waals surface area contributed by atoms with Gasteiger partial charge in [0.15, 0.2) is 0 Å². The minimum absolute atomic E-state index is 0.135. The first kappa shape index (κ1) is 13.8. The maximum atomic E-state index is 12.1. The number of carbonyl (C=O) groups is 1. The van der Waals surface area contributed by atoms with E-state index in [1.165, 1.54) is 32.1 Å². The highest BCUT2D eigenvalue weighted by Gasteiger charge is 2.27. The molecule has 1 aliphatic carbocycles. The predicted octanol–water partition coefficient (Wildman–Crippen LogP) is 2.07. The molecule has 1 aromatic rings. The maximum Gasteiger partial charge on any atom is 0.269 e. The van der Waals surface area contributed by atoms with Crippen molar-refractivity contribution in [1.82, 2.24) is 10.3 Å². The number of hydrazine groups is 1. The molecule has 0 unspecified atom stereocenters. The van der Waals surface area contributed by atoms with Crippen LogP contribution in [0.4, 0.5) is 5.69 Å². The van der Waals surface area contributed by atoms with Gasteiger partial charge in [-0.15, -0.1) is 0 Å². The normalized spacial score (nSPS) is 17.8. The maximum absolute atomic E-state index is 12.1. The Labute approximate surface area is 114 Å². The number of aromatic nitrogens is 1. The van der Waals surface area contributed by atoms with E-state index < -0.39 is 0 Å². The lowest BCUT2D eigenvalue weighted by Crippen LogP contribution is -2.37. The second-order valence-corrected chi connectivity index (χ2v) is 5.63. The zero-order chi connectivity index (χ0) is 13.7. The molecule has 0 bridgehead atoms. The molecule has 0 aliphatic heterocycles. The Balaban J connectivity index is 1.93. The molecule has 1 heterocycles. The van der Waals surface area contributed by atoms with E-state index in [9.17, 15) is 4.79 Å². The predicted molar refractivity (Wildman–Crippen MR) is 75.6 cm³/mol. The van der Waals surface area contributed by atoms with Crippen LogP contribution in [0.3, 0.4) is 0 Å². The van der Waals surface area contributed by atoms with E-state index in [4.69, 9.17) is 5.84 Å². The number of amides is 1. The van der Waals surface area contributed by atoms with Crippen molar-refractivity contribution >= 4 is 11.6 Å². The Kier molecular flexibility index (Phi) is 4.37. The SMILES string of the molecule is CC1(CNC(=O)c2cc(NN)ccn2)CCCCC1. The van der Waals surface area contributed by atoms with Crippen LogP contribution in [-0.4, -0.2) is 17.4 Å². The van der Waals surface area contributed by atoms with Crippen LogP contribution in [0.15, 0.2) is 18.3 Å². The van der Waals surface area contributed by atoms with Gasteiger partial charge in [0.25, 0.3) is 5.91 Å². The van der Waals surface area contributed by atoms with Crippen molar-refractivity contribution in [3.63, 3.8) is 0 Å². The van der Waals surface area contributed by atoms with Crippen molar-refractivity contribution in [2.75, 3.05) is 12.0 Å². The third-order valence-corrected chi connectivity index (χ3v) is 3.90. The third-order valence-electron chi connectivity index (χ3n) is 3.90. The summed E-state index contributed by atoms with van der Waals surface area (Å²) in [4.78, 5) is 16.1. The number of nitrogens with zero attached hydrogens (tertiary/aromatic N) is 1. The number of pyridine rings is 1. The number of nitrogen functional groups attached to an aromatic ring is 1. The summed E-state index contributed by atoms with van der Waals surface area (Å²) in [6, 6.07) is 3.37. The zero-order valence-electron chi connectivity index (χ0n) is 11.4. The molecule has 0 saturated heterocycles. The number of rotatable bonds is 4. The average Bonchev–Trinajstić information content (AvgIpc) is 2.46. The summed E-state index contributed by atoms with van der Waals surface area (Å²) in [6.45, 7) is 2.96. The first-order valence-corrected chi connectivity index (χ1v) is 6.84. The second kappa shape index (κ2) is 6.02. The molecule has 1 saturated carbocycles. The van der Waals surface area contributed by atoms with E-state index >= 15 is 0 Å². The molecule has 0 spiro atoms. The number of nitrogens with two attached hydrogens (primary N) is 1. The lowest BCUT2D eigenvalue weighted by atomic mass is 9.76. The Hall–Kier alpha value is -1.62.